The maximum Gasteiger partial charge on any atom is 0.0531 e. The van der Waals surface area contributed by atoms with Crippen molar-refractivity contribution < 1.29 is 4.74 Å². The molecule has 0 radical (unpaired) electrons. The van der Waals surface area contributed by atoms with Crippen LogP contribution in [0.4, 0.5) is 0 Å². The fourth-order valence-electron chi connectivity index (χ4n) is 1.11. The topological polar surface area (TPSA) is 21.3 Å². The maximum absolute atomic E-state index is 5.51. The molecule has 0 aliphatic heterocycles. The maximum atomic E-state index is 5.51. The first-order valence-electron chi connectivity index (χ1n) is 5.66. The predicted molar refractivity (Wildman–Crippen MR) is 62.6 cm³/mol. The Kier molecular flexibility index (Phi) is 5.68. The minimum Gasteiger partial charge on any atom is -0.381 e. The van der Waals surface area contributed by atoms with Crippen molar-refractivity contribution in [3.05, 3.63) is 0 Å². The quantitative estimate of drug-likeness (QED) is 0.713. The van der Waals surface area contributed by atoms with E-state index in [1.54, 1.807) is 0 Å². The van der Waals surface area contributed by atoms with E-state index in [0.717, 1.165) is 26.2 Å². The Bertz CT molecular complexity index is 151. The van der Waals surface area contributed by atoms with Gasteiger partial charge in [-0.05, 0) is 34.1 Å². The molecule has 0 aromatic rings. The Balaban J connectivity index is 3.98. The summed E-state index contributed by atoms with van der Waals surface area (Å²) in [7, 11) is 0. The molecule has 2 nitrogen and oxygen atoms in total. The van der Waals surface area contributed by atoms with Gasteiger partial charge in [-0.1, -0.05) is 13.8 Å². The molecule has 86 valence electrons. The van der Waals surface area contributed by atoms with Crippen LogP contribution in [0.15, 0.2) is 0 Å². The molecular formula is C12H27NO. The first-order valence-corrected chi connectivity index (χ1v) is 5.66. The van der Waals surface area contributed by atoms with Crippen LogP contribution in [0.25, 0.3) is 0 Å². The summed E-state index contributed by atoms with van der Waals surface area (Å²) < 4.78 is 5.51. The van der Waals surface area contributed by atoms with E-state index in [-0.39, 0.29) is 11.0 Å². The summed E-state index contributed by atoms with van der Waals surface area (Å²) in [6.07, 6.45) is 1.15. The molecule has 2 heteroatoms. The third-order valence-corrected chi connectivity index (χ3v) is 2.55. The van der Waals surface area contributed by atoms with Crippen LogP contribution >= 0.6 is 0 Å². The van der Waals surface area contributed by atoms with Crippen molar-refractivity contribution >= 4 is 0 Å². The highest BCUT2D eigenvalue weighted by molar-refractivity contribution is 4.80. The second kappa shape index (κ2) is 5.72. The second-order valence-corrected chi connectivity index (χ2v) is 5.40. The SMILES string of the molecule is CCOCC(C)(CC)CNC(C)(C)C. The number of rotatable bonds is 6. The van der Waals surface area contributed by atoms with E-state index in [9.17, 15) is 0 Å². The molecule has 0 aliphatic rings. The molecule has 0 heterocycles. The van der Waals surface area contributed by atoms with Crippen LogP contribution in [-0.2, 0) is 4.74 Å². The lowest BCUT2D eigenvalue weighted by molar-refractivity contribution is 0.0544. The second-order valence-electron chi connectivity index (χ2n) is 5.40. The van der Waals surface area contributed by atoms with Gasteiger partial charge in [0, 0.05) is 24.1 Å². The Morgan fingerprint density at radius 3 is 2.00 bits per heavy atom. The van der Waals surface area contributed by atoms with Crippen LogP contribution in [0.2, 0.25) is 0 Å². The van der Waals surface area contributed by atoms with Crippen LogP contribution in [0.1, 0.15) is 48.0 Å². The lowest BCUT2D eigenvalue weighted by Crippen LogP contribution is -2.44. The monoisotopic (exact) mass is 201 g/mol. The average Bonchev–Trinajstić information content (AvgIpc) is 2.10. The third kappa shape index (κ3) is 6.39. The number of hydrogen-bond acceptors (Lipinski definition) is 2. The van der Waals surface area contributed by atoms with E-state index in [1.807, 2.05) is 6.92 Å². The van der Waals surface area contributed by atoms with Gasteiger partial charge in [-0.2, -0.15) is 0 Å². The zero-order valence-electron chi connectivity index (χ0n) is 10.7. The lowest BCUT2D eigenvalue weighted by Gasteiger charge is -2.32. The molecule has 0 saturated carbocycles. The molecule has 0 fully saturated rings. The van der Waals surface area contributed by atoms with E-state index in [2.05, 4.69) is 39.9 Å². The van der Waals surface area contributed by atoms with Crippen molar-refractivity contribution in [1.82, 2.24) is 5.32 Å². The molecule has 0 bridgehead atoms. The van der Waals surface area contributed by atoms with E-state index in [1.165, 1.54) is 0 Å². The lowest BCUT2D eigenvalue weighted by atomic mass is 9.87. The van der Waals surface area contributed by atoms with Gasteiger partial charge in [-0.3, -0.25) is 0 Å². The van der Waals surface area contributed by atoms with Crippen molar-refractivity contribution in [3.8, 4) is 0 Å². The van der Waals surface area contributed by atoms with Crippen molar-refractivity contribution in [2.24, 2.45) is 5.41 Å². The summed E-state index contributed by atoms with van der Waals surface area (Å²) in [6, 6.07) is 0. The van der Waals surface area contributed by atoms with Crippen LogP contribution in [-0.4, -0.2) is 25.3 Å². The fraction of sp³-hybridized carbons (Fsp3) is 1.00. The van der Waals surface area contributed by atoms with E-state index in [4.69, 9.17) is 4.74 Å². The van der Waals surface area contributed by atoms with E-state index in [0.29, 0.717) is 0 Å². The molecule has 0 rings (SSSR count). The summed E-state index contributed by atoms with van der Waals surface area (Å²) in [5.41, 5.74) is 0.464. The number of ether oxygens (including phenoxy) is 1. The first kappa shape index (κ1) is 13.9. The molecule has 0 aromatic carbocycles. The molecule has 0 spiro atoms. The van der Waals surface area contributed by atoms with Gasteiger partial charge in [0.1, 0.15) is 0 Å². The summed E-state index contributed by atoms with van der Waals surface area (Å²) in [6.45, 7) is 15.8. The fourth-order valence-corrected chi connectivity index (χ4v) is 1.11. The third-order valence-electron chi connectivity index (χ3n) is 2.55. The molecule has 1 unspecified atom stereocenters. The summed E-state index contributed by atoms with van der Waals surface area (Å²) >= 11 is 0. The molecule has 14 heavy (non-hydrogen) atoms. The molecule has 1 N–H and O–H groups in total. The molecule has 0 amide bonds. The van der Waals surface area contributed by atoms with Gasteiger partial charge in [-0.15, -0.1) is 0 Å². The largest absolute Gasteiger partial charge is 0.381 e. The Morgan fingerprint density at radius 1 is 1.07 bits per heavy atom. The molecule has 0 aromatic heterocycles. The van der Waals surface area contributed by atoms with Crippen LogP contribution in [0.5, 0.6) is 0 Å². The Labute approximate surface area is 89.4 Å². The predicted octanol–water partition coefficient (Wildman–Crippen LogP) is 2.83. The van der Waals surface area contributed by atoms with E-state index < -0.39 is 0 Å². The van der Waals surface area contributed by atoms with Crippen LogP contribution in [0, 0.1) is 5.41 Å². The minimum absolute atomic E-state index is 0.197. The van der Waals surface area contributed by atoms with Crippen molar-refractivity contribution in [3.63, 3.8) is 0 Å². The van der Waals surface area contributed by atoms with Crippen molar-refractivity contribution in [1.29, 1.82) is 0 Å². The highest BCUT2D eigenvalue weighted by Crippen LogP contribution is 2.21. The molecular weight excluding hydrogens is 174 g/mol. The van der Waals surface area contributed by atoms with Gasteiger partial charge in [0.25, 0.3) is 0 Å². The Hall–Kier alpha value is -0.0800. The van der Waals surface area contributed by atoms with Gasteiger partial charge in [0.15, 0.2) is 0 Å². The zero-order chi connectivity index (χ0) is 11.2. The van der Waals surface area contributed by atoms with Crippen LogP contribution < -0.4 is 5.32 Å². The highest BCUT2D eigenvalue weighted by Gasteiger charge is 2.24. The smallest absolute Gasteiger partial charge is 0.0531 e. The molecule has 0 aliphatic carbocycles. The average molecular weight is 201 g/mol. The standard InChI is InChI=1S/C12H27NO/c1-7-12(6,10-14-8-2)9-13-11(3,4)5/h13H,7-10H2,1-6H3. The van der Waals surface area contributed by atoms with Gasteiger partial charge in [0.2, 0.25) is 0 Å². The zero-order valence-corrected chi connectivity index (χ0v) is 10.7. The first-order chi connectivity index (χ1) is 6.33. The van der Waals surface area contributed by atoms with Crippen molar-refractivity contribution in [2.45, 2.75) is 53.5 Å². The van der Waals surface area contributed by atoms with Crippen LogP contribution in [0.3, 0.4) is 0 Å². The normalized spacial score (nSPS) is 16.7. The van der Waals surface area contributed by atoms with Crippen molar-refractivity contribution in [2.75, 3.05) is 19.8 Å². The van der Waals surface area contributed by atoms with Gasteiger partial charge in [-0.25, -0.2) is 0 Å². The van der Waals surface area contributed by atoms with Gasteiger partial charge in [0.05, 0.1) is 6.61 Å². The highest BCUT2D eigenvalue weighted by atomic mass is 16.5. The molecule has 1 atom stereocenters. The number of hydrogen-bond donors (Lipinski definition) is 1. The van der Waals surface area contributed by atoms with Gasteiger partial charge < -0.3 is 10.1 Å². The Morgan fingerprint density at radius 2 is 1.64 bits per heavy atom. The summed E-state index contributed by atoms with van der Waals surface area (Å²) in [5, 5.41) is 3.54. The summed E-state index contributed by atoms with van der Waals surface area (Å²) in [5.74, 6) is 0. The molecule has 0 saturated heterocycles. The van der Waals surface area contributed by atoms with Gasteiger partial charge >= 0.3 is 0 Å². The van der Waals surface area contributed by atoms with E-state index >= 15 is 0 Å². The summed E-state index contributed by atoms with van der Waals surface area (Å²) in [4.78, 5) is 0. The minimum atomic E-state index is 0.197. The number of nitrogens with one attached hydrogen (secondary N) is 1.